The molecule has 1 unspecified atom stereocenters. The number of hydrogen-bond acceptors (Lipinski definition) is 3. The van der Waals surface area contributed by atoms with Crippen LogP contribution < -0.4 is 11.1 Å². The SMILES string of the molecule is C=CCC(N)C(=O)Nc1cc(Br)cnc1Cl. The molecule has 1 atom stereocenters. The summed E-state index contributed by atoms with van der Waals surface area (Å²) >= 11 is 9.05. The Hall–Kier alpha value is -0.910. The molecule has 3 N–H and O–H groups in total. The van der Waals surface area contributed by atoms with Gasteiger partial charge in [0, 0.05) is 10.7 Å². The number of pyridine rings is 1. The molecule has 0 spiro atoms. The highest BCUT2D eigenvalue weighted by atomic mass is 79.9. The summed E-state index contributed by atoms with van der Waals surface area (Å²) in [6, 6.07) is 1.03. The Bertz CT molecular complexity index is 411. The van der Waals surface area contributed by atoms with Crippen LogP contribution in [-0.4, -0.2) is 16.9 Å². The molecule has 0 saturated heterocycles. The van der Waals surface area contributed by atoms with Crippen LogP contribution in [0.15, 0.2) is 29.4 Å². The second kappa shape index (κ2) is 5.98. The van der Waals surface area contributed by atoms with Gasteiger partial charge in [-0.15, -0.1) is 6.58 Å². The Labute approximate surface area is 107 Å². The average Bonchev–Trinajstić information content (AvgIpc) is 2.23. The van der Waals surface area contributed by atoms with Crippen molar-refractivity contribution in [2.75, 3.05) is 5.32 Å². The summed E-state index contributed by atoms with van der Waals surface area (Å²) in [7, 11) is 0. The predicted molar refractivity (Wildman–Crippen MR) is 68.4 cm³/mol. The molecule has 16 heavy (non-hydrogen) atoms. The summed E-state index contributed by atoms with van der Waals surface area (Å²) in [5.74, 6) is -0.318. The lowest BCUT2D eigenvalue weighted by molar-refractivity contribution is -0.117. The second-order valence-electron chi connectivity index (χ2n) is 3.11. The molecule has 0 aliphatic carbocycles. The fourth-order valence-electron chi connectivity index (χ4n) is 1.02. The van der Waals surface area contributed by atoms with Crippen molar-refractivity contribution < 1.29 is 4.79 Å². The smallest absolute Gasteiger partial charge is 0.241 e. The summed E-state index contributed by atoms with van der Waals surface area (Å²) in [4.78, 5) is 15.5. The lowest BCUT2D eigenvalue weighted by Gasteiger charge is -2.11. The molecule has 1 rings (SSSR count). The van der Waals surface area contributed by atoms with Gasteiger partial charge in [0.2, 0.25) is 5.91 Å². The number of carbonyl (C=O) groups is 1. The van der Waals surface area contributed by atoms with Crippen molar-refractivity contribution in [3.05, 3.63) is 34.5 Å². The number of amides is 1. The van der Waals surface area contributed by atoms with E-state index in [9.17, 15) is 4.79 Å². The first-order valence-electron chi connectivity index (χ1n) is 4.53. The van der Waals surface area contributed by atoms with Crippen LogP contribution >= 0.6 is 27.5 Å². The molecule has 0 aliphatic rings. The topological polar surface area (TPSA) is 68.0 Å². The number of rotatable bonds is 4. The van der Waals surface area contributed by atoms with Crippen molar-refractivity contribution in [3.63, 3.8) is 0 Å². The second-order valence-corrected chi connectivity index (χ2v) is 4.39. The van der Waals surface area contributed by atoms with Crippen molar-refractivity contribution in [2.45, 2.75) is 12.5 Å². The van der Waals surface area contributed by atoms with Gasteiger partial charge in [-0.25, -0.2) is 4.98 Å². The zero-order valence-electron chi connectivity index (χ0n) is 8.41. The van der Waals surface area contributed by atoms with Gasteiger partial charge in [0.1, 0.15) is 0 Å². The standard InChI is InChI=1S/C10H11BrClN3O/c1-2-3-7(13)10(16)15-8-4-6(11)5-14-9(8)12/h2,4-5,7H,1,3,13H2,(H,15,16). The summed E-state index contributed by atoms with van der Waals surface area (Å²) in [5.41, 5.74) is 6.04. The number of nitrogens with zero attached hydrogens (tertiary/aromatic N) is 1. The first-order valence-corrected chi connectivity index (χ1v) is 5.70. The van der Waals surface area contributed by atoms with Crippen LogP contribution in [0.4, 0.5) is 5.69 Å². The fraction of sp³-hybridized carbons (Fsp3) is 0.200. The Morgan fingerprint density at radius 3 is 3.12 bits per heavy atom. The molecule has 1 aromatic rings. The lowest BCUT2D eigenvalue weighted by atomic mass is 10.2. The van der Waals surface area contributed by atoms with Gasteiger partial charge in [-0.1, -0.05) is 17.7 Å². The van der Waals surface area contributed by atoms with E-state index in [1.54, 1.807) is 18.3 Å². The molecule has 6 heteroatoms. The Morgan fingerprint density at radius 2 is 2.50 bits per heavy atom. The quantitative estimate of drug-likeness (QED) is 0.663. The molecule has 1 heterocycles. The normalized spacial score (nSPS) is 11.9. The monoisotopic (exact) mass is 303 g/mol. The first kappa shape index (κ1) is 13.2. The van der Waals surface area contributed by atoms with E-state index in [0.29, 0.717) is 12.1 Å². The molecular formula is C10H11BrClN3O. The summed E-state index contributed by atoms with van der Waals surface area (Å²) < 4.78 is 0.726. The highest BCUT2D eigenvalue weighted by Gasteiger charge is 2.13. The third-order valence-electron chi connectivity index (χ3n) is 1.82. The van der Waals surface area contributed by atoms with E-state index in [1.165, 1.54) is 0 Å². The number of hydrogen-bond donors (Lipinski definition) is 2. The van der Waals surface area contributed by atoms with Crippen molar-refractivity contribution in [3.8, 4) is 0 Å². The van der Waals surface area contributed by atoms with E-state index in [-0.39, 0.29) is 11.1 Å². The van der Waals surface area contributed by atoms with Gasteiger partial charge in [-0.05, 0) is 28.4 Å². The Morgan fingerprint density at radius 1 is 1.81 bits per heavy atom. The van der Waals surface area contributed by atoms with Crippen LogP contribution in [0.5, 0.6) is 0 Å². The maximum atomic E-state index is 11.6. The van der Waals surface area contributed by atoms with Crippen LogP contribution in [0.2, 0.25) is 5.15 Å². The molecule has 0 bridgehead atoms. The van der Waals surface area contributed by atoms with Gasteiger partial charge in [0.15, 0.2) is 5.15 Å². The molecule has 86 valence electrons. The molecule has 1 amide bonds. The molecular weight excluding hydrogens is 293 g/mol. The number of nitrogens with two attached hydrogens (primary N) is 1. The Kier molecular flexibility index (Phi) is 4.92. The first-order chi connectivity index (χ1) is 7.54. The number of aromatic nitrogens is 1. The highest BCUT2D eigenvalue weighted by Crippen LogP contribution is 2.22. The summed E-state index contributed by atoms with van der Waals surface area (Å²) in [6.45, 7) is 3.52. The summed E-state index contributed by atoms with van der Waals surface area (Å²) in [6.07, 6.45) is 3.54. The van der Waals surface area contributed by atoms with Crippen LogP contribution in [-0.2, 0) is 4.79 Å². The molecule has 0 aromatic carbocycles. The van der Waals surface area contributed by atoms with E-state index in [1.807, 2.05) is 0 Å². The van der Waals surface area contributed by atoms with E-state index >= 15 is 0 Å². The van der Waals surface area contributed by atoms with Gasteiger partial charge in [0.25, 0.3) is 0 Å². The third kappa shape index (κ3) is 3.59. The number of halogens is 2. The maximum Gasteiger partial charge on any atom is 0.241 e. The van der Waals surface area contributed by atoms with E-state index < -0.39 is 6.04 Å². The largest absolute Gasteiger partial charge is 0.322 e. The van der Waals surface area contributed by atoms with E-state index in [4.69, 9.17) is 17.3 Å². The van der Waals surface area contributed by atoms with Crippen LogP contribution in [0.3, 0.4) is 0 Å². The maximum absolute atomic E-state index is 11.6. The van der Waals surface area contributed by atoms with Crippen molar-refractivity contribution in [1.82, 2.24) is 4.98 Å². The molecule has 4 nitrogen and oxygen atoms in total. The number of carbonyl (C=O) groups excluding carboxylic acids is 1. The molecule has 0 saturated carbocycles. The van der Waals surface area contributed by atoms with Crippen molar-refractivity contribution in [2.24, 2.45) is 5.73 Å². The molecule has 0 radical (unpaired) electrons. The molecule has 1 aromatic heterocycles. The molecule has 0 aliphatic heterocycles. The fourth-order valence-corrected chi connectivity index (χ4v) is 1.50. The molecule has 0 fully saturated rings. The third-order valence-corrected chi connectivity index (χ3v) is 2.56. The summed E-state index contributed by atoms with van der Waals surface area (Å²) in [5, 5.41) is 2.82. The Balaban J connectivity index is 2.76. The van der Waals surface area contributed by atoms with E-state index in [0.717, 1.165) is 4.47 Å². The van der Waals surface area contributed by atoms with Gasteiger partial charge in [0.05, 0.1) is 11.7 Å². The minimum Gasteiger partial charge on any atom is -0.322 e. The minimum atomic E-state index is -0.632. The highest BCUT2D eigenvalue weighted by molar-refractivity contribution is 9.10. The van der Waals surface area contributed by atoms with Gasteiger partial charge in [-0.3, -0.25) is 4.79 Å². The zero-order chi connectivity index (χ0) is 12.1. The number of anilines is 1. The lowest BCUT2D eigenvalue weighted by Crippen LogP contribution is -2.35. The van der Waals surface area contributed by atoms with Crippen LogP contribution in [0.1, 0.15) is 6.42 Å². The van der Waals surface area contributed by atoms with Gasteiger partial charge < -0.3 is 11.1 Å². The van der Waals surface area contributed by atoms with Crippen molar-refractivity contribution in [1.29, 1.82) is 0 Å². The van der Waals surface area contributed by atoms with Crippen molar-refractivity contribution >= 4 is 39.1 Å². The van der Waals surface area contributed by atoms with E-state index in [2.05, 4.69) is 32.8 Å². The van der Waals surface area contributed by atoms with Gasteiger partial charge in [-0.2, -0.15) is 0 Å². The minimum absolute atomic E-state index is 0.224. The van der Waals surface area contributed by atoms with Crippen LogP contribution in [0.25, 0.3) is 0 Å². The predicted octanol–water partition coefficient (Wildman–Crippen LogP) is 2.34. The zero-order valence-corrected chi connectivity index (χ0v) is 10.8. The number of nitrogens with one attached hydrogen (secondary N) is 1. The van der Waals surface area contributed by atoms with Crippen LogP contribution in [0, 0.1) is 0 Å². The van der Waals surface area contributed by atoms with Gasteiger partial charge >= 0.3 is 0 Å². The average molecular weight is 305 g/mol.